The zero-order chi connectivity index (χ0) is 9.14. The number of carbonyl (C=O) groups is 2. The Balaban J connectivity index is 2.61. The fraction of sp³-hybridized carbons (Fsp3) is 0.167. The summed E-state index contributed by atoms with van der Waals surface area (Å²) in [5.74, 6) is -0.781. The van der Waals surface area contributed by atoms with Gasteiger partial charge in [-0.1, -0.05) is 18.3 Å². The number of hydroxylamine groups is 2. The molecule has 0 aliphatic carbocycles. The highest BCUT2D eigenvalue weighted by Crippen LogP contribution is 2.19. The second-order valence-corrected chi connectivity index (χ2v) is 3.47. The van der Waals surface area contributed by atoms with Gasteiger partial charge in [0.05, 0.1) is 5.75 Å². The lowest BCUT2D eigenvalue weighted by molar-refractivity contribution is -0.174. The van der Waals surface area contributed by atoms with E-state index >= 15 is 0 Å². The molecule has 0 spiro atoms. The molecule has 0 aromatic carbocycles. The minimum atomic E-state index is -0.687. The van der Waals surface area contributed by atoms with E-state index in [2.05, 4.69) is 11.4 Å². The lowest BCUT2D eigenvalue weighted by atomic mass is 10.7. The summed E-state index contributed by atoms with van der Waals surface area (Å²) in [4.78, 5) is 26.1. The number of nitrogens with zero attached hydrogens (tertiary/aromatic N) is 1. The number of rotatable bonds is 2. The molecule has 1 amide bonds. The molecule has 0 aromatic heterocycles. The first-order valence-electron chi connectivity index (χ1n) is 2.99. The highest BCUT2D eigenvalue weighted by Gasteiger charge is 2.29. The van der Waals surface area contributed by atoms with Crippen LogP contribution in [-0.2, 0) is 14.4 Å². The molecule has 1 rings (SSSR count). The van der Waals surface area contributed by atoms with Crippen molar-refractivity contribution in [3.63, 3.8) is 0 Å². The molecule has 0 aromatic rings. The van der Waals surface area contributed by atoms with Crippen molar-refractivity contribution < 1.29 is 14.4 Å². The Kier molecular flexibility index (Phi) is 2.83. The standard InChI is InChI=1S/C6H5NO3S2/c1-2-5(9)10-7-4(8)3-12-6(7)11/h2H,1,3H2. The van der Waals surface area contributed by atoms with Crippen LogP contribution in [0.15, 0.2) is 12.7 Å². The second kappa shape index (κ2) is 3.68. The normalized spacial score (nSPS) is 16.5. The fourth-order valence-corrected chi connectivity index (χ4v) is 1.49. The Morgan fingerprint density at radius 2 is 2.50 bits per heavy atom. The van der Waals surface area contributed by atoms with Gasteiger partial charge in [-0.2, -0.15) is 0 Å². The van der Waals surface area contributed by atoms with Crippen molar-refractivity contribution in [2.75, 3.05) is 5.75 Å². The molecule has 0 atom stereocenters. The van der Waals surface area contributed by atoms with E-state index in [9.17, 15) is 9.59 Å². The summed E-state index contributed by atoms with van der Waals surface area (Å²) < 4.78 is 0.259. The molecule has 0 radical (unpaired) electrons. The minimum absolute atomic E-state index is 0.225. The van der Waals surface area contributed by atoms with E-state index in [4.69, 9.17) is 12.2 Å². The molecule has 0 saturated carbocycles. The predicted molar refractivity (Wildman–Crippen MR) is 48.2 cm³/mol. The van der Waals surface area contributed by atoms with Gasteiger partial charge >= 0.3 is 5.97 Å². The minimum Gasteiger partial charge on any atom is -0.327 e. The van der Waals surface area contributed by atoms with Crippen LogP contribution in [0.25, 0.3) is 0 Å². The van der Waals surface area contributed by atoms with Gasteiger partial charge in [-0.3, -0.25) is 4.79 Å². The van der Waals surface area contributed by atoms with Gasteiger partial charge in [0.25, 0.3) is 5.91 Å². The number of carbonyl (C=O) groups excluding carboxylic acids is 2. The quantitative estimate of drug-likeness (QED) is 0.483. The highest BCUT2D eigenvalue weighted by molar-refractivity contribution is 8.23. The van der Waals surface area contributed by atoms with Crippen LogP contribution in [0.4, 0.5) is 0 Å². The van der Waals surface area contributed by atoms with E-state index < -0.39 is 5.97 Å². The van der Waals surface area contributed by atoms with E-state index in [1.165, 1.54) is 0 Å². The second-order valence-electron chi connectivity index (χ2n) is 1.86. The van der Waals surface area contributed by atoms with Gasteiger partial charge in [0.2, 0.25) is 0 Å². The fourth-order valence-electron chi connectivity index (χ4n) is 0.558. The SMILES string of the molecule is C=CC(=O)ON1C(=O)CSC1=S. The summed E-state index contributed by atoms with van der Waals surface area (Å²) in [6, 6.07) is 0. The Morgan fingerprint density at radius 3 is 2.92 bits per heavy atom. The first kappa shape index (κ1) is 9.21. The van der Waals surface area contributed by atoms with Crippen LogP contribution in [0.1, 0.15) is 0 Å². The number of hydrogen-bond acceptors (Lipinski definition) is 5. The molecule has 1 saturated heterocycles. The van der Waals surface area contributed by atoms with E-state index in [1.807, 2.05) is 0 Å². The molecule has 4 nitrogen and oxygen atoms in total. The molecule has 0 unspecified atom stereocenters. The van der Waals surface area contributed by atoms with Crippen LogP contribution in [0, 0.1) is 0 Å². The van der Waals surface area contributed by atoms with E-state index in [-0.39, 0.29) is 16.0 Å². The van der Waals surface area contributed by atoms with Gasteiger partial charge in [-0.15, -0.1) is 5.06 Å². The average molecular weight is 203 g/mol. The molecule has 1 aliphatic rings. The summed E-state index contributed by atoms with van der Waals surface area (Å²) in [6.45, 7) is 3.19. The number of thiocarbonyl (C=S) groups is 1. The Morgan fingerprint density at radius 1 is 1.83 bits per heavy atom. The summed E-state index contributed by atoms with van der Waals surface area (Å²) in [7, 11) is 0. The molecule has 1 fully saturated rings. The maximum Gasteiger partial charge on any atom is 0.356 e. The number of thioether (sulfide) groups is 1. The third kappa shape index (κ3) is 1.83. The van der Waals surface area contributed by atoms with E-state index in [0.717, 1.165) is 22.9 Å². The maximum atomic E-state index is 10.9. The van der Waals surface area contributed by atoms with Crippen molar-refractivity contribution in [1.29, 1.82) is 0 Å². The molecular weight excluding hydrogens is 198 g/mol. The lowest BCUT2D eigenvalue weighted by Gasteiger charge is -2.11. The van der Waals surface area contributed by atoms with Gasteiger partial charge in [-0.25, -0.2) is 4.79 Å². The van der Waals surface area contributed by atoms with Crippen LogP contribution >= 0.6 is 24.0 Å². The summed E-state index contributed by atoms with van der Waals surface area (Å²) in [5, 5.41) is 0.810. The molecule has 1 heterocycles. The Bertz CT molecular complexity index is 248. The van der Waals surface area contributed by atoms with Crippen LogP contribution < -0.4 is 0 Å². The molecule has 1 aliphatic heterocycles. The van der Waals surface area contributed by atoms with Gasteiger partial charge in [0, 0.05) is 6.08 Å². The summed E-state index contributed by atoms with van der Waals surface area (Å²) >= 11 is 5.90. The van der Waals surface area contributed by atoms with Crippen molar-refractivity contribution in [3.05, 3.63) is 12.7 Å². The largest absolute Gasteiger partial charge is 0.356 e. The molecule has 64 valence electrons. The zero-order valence-electron chi connectivity index (χ0n) is 5.98. The third-order valence-corrected chi connectivity index (χ3v) is 2.38. The molecule has 6 heteroatoms. The topological polar surface area (TPSA) is 46.6 Å². The molecular formula is C6H5NO3S2. The predicted octanol–water partition coefficient (Wildman–Crippen LogP) is 0.491. The Hall–Kier alpha value is -0.880. The number of amides is 1. The average Bonchev–Trinajstić information content (AvgIpc) is 2.35. The van der Waals surface area contributed by atoms with Gasteiger partial charge in [0.1, 0.15) is 0 Å². The maximum absolute atomic E-state index is 10.9. The van der Waals surface area contributed by atoms with Gasteiger partial charge < -0.3 is 4.84 Å². The summed E-state index contributed by atoms with van der Waals surface area (Å²) in [6.07, 6.45) is 0.971. The van der Waals surface area contributed by atoms with Gasteiger partial charge in [-0.05, 0) is 12.2 Å². The monoisotopic (exact) mass is 203 g/mol. The van der Waals surface area contributed by atoms with Crippen molar-refractivity contribution >= 4 is 40.2 Å². The van der Waals surface area contributed by atoms with Crippen LogP contribution in [0.3, 0.4) is 0 Å². The summed E-state index contributed by atoms with van der Waals surface area (Å²) in [5.41, 5.74) is 0. The zero-order valence-corrected chi connectivity index (χ0v) is 7.61. The number of hydrogen-bond donors (Lipinski definition) is 0. The van der Waals surface area contributed by atoms with Crippen molar-refractivity contribution in [2.24, 2.45) is 0 Å². The van der Waals surface area contributed by atoms with Crippen molar-refractivity contribution in [1.82, 2.24) is 5.06 Å². The highest BCUT2D eigenvalue weighted by atomic mass is 32.2. The molecule has 0 N–H and O–H groups in total. The van der Waals surface area contributed by atoms with Gasteiger partial charge in [0.15, 0.2) is 4.32 Å². The van der Waals surface area contributed by atoms with Crippen molar-refractivity contribution in [3.8, 4) is 0 Å². The van der Waals surface area contributed by atoms with E-state index in [0.29, 0.717) is 0 Å². The van der Waals surface area contributed by atoms with Crippen LogP contribution in [0.2, 0.25) is 0 Å². The third-order valence-electron chi connectivity index (χ3n) is 1.06. The first-order valence-corrected chi connectivity index (χ1v) is 4.38. The smallest absolute Gasteiger partial charge is 0.327 e. The molecule has 0 bridgehead atoms. The van der Waals surface area contributed by atoms with Crippen molar-refractivity contribution in [2.45, 2.75) is 0 Å². The lowest BCUT2D eigenvalue weighted by Crippen LogP contribution is -2.30. The molecule has 12 heavy (non-hydrogen) atoms. The van der Waals surface area contributed by atoms with Crippen LogP contribution in [-0.4, -0.2) is 27.0 Å². The Labute approximate surface area is 78.5 Å². The van der Waals surface area contributed by atoms with E-state index in [1.54, 1.807) is 0 Å². The van der Waals surface area contributed by atoms with Crippen LogP contribution in [0.5, 0.6) is 0 Å². The first-order chi connectivity index (χ1) is 5.65.